The zero-order valence-electron chi connectivity index (χ0n) is 13.9. The van der Waals surface area contributed by atoms with Gasteiger partial charge in [0.05, 0.1) is 6.54 Å². The molecule has 1 saturated carbocycles. The highest BCUT2D eigenvalue weighted by molar-refractivity contribution is 14.0. The minimum absolute atomic E-state index is 0. The molecule has 0 unspecified atom stereocenters. The van der Waals surface area contributed by atoms with Crippen molar-refractivity contribution in [2.75, 3.05) is 7.05 Å². The first-order chi connectivity index (χ1) is 10.1. The largest absolute Gasteiger partial charge is 0.354 e. The number of aliphatic imine (C=N–C) groups is 1. The van der Waals surface area contributed by atoms with Crippen LogP contribution < -0.4 is 10.6 Å². The Morgan fingerprint density at radius 3 is 2.50 bits per heavy atom. The van der Waals surface area contributed by atoms with Gasteiger partial charge >= 0.3 is 0 Å². The third-order valence-corrected chi connectivity index (χ3v) is 4.26. The van der Waals surface area contributed by atoms with E-state index >= 15 is 0 Å². The number of rotatable bonds is 4. The van der Waals surface area contributed by atoms with E-state index in [1.807, 2.05) is 6.92 Å². The maximum absolute atomic E-state index is 5.08. The fourth-order valence-electron chi connectivity index (χ4n) is 2.89. The van der Waals surface area contributed by atoms with E-state index in [-0.39, 0.29) is 24.0 Å². The molecule has 6 nitrogen and oxygen atoms in total. The van der Waals surface area contributed by atoms with E-state index in [1.165, 1.54) is 25.7 Å². The van der Waals surface area contributed by atoms with Gasteiger partial charge in [-0.25, -0.2) is 0 Å². The number of halogens is 1. The number of guanidine groups is 1. The van der Waals surface area contributed by atoms with Crippen LogP contribution >= 0.6 is 24.0 Å². The first-order valence-electron chi connectivity index (χ1n) is 7.85. The molecule has 22 heavy (non-hydrogen) atoms. The van der Waals surface area contributed by atoms with Crippen molar-refractivity contribution in [1.82, 2.24) is 20.8 Å². The van der Waals surface area contributed by atoms with Crippen molar-refractivity contribution in [1.29, 1.82) is 0 Å². The zero-order valence-corrected chi connectivity index (χ0v) is 16.3. The lowest BCUT2D eigenvalue weighted by atomic mass is 9.80. The van der Waals surface area contributed by atoms with Crippen LogP contribution in [0.1, 0.15) is 51.2 Å². The average molecular weight is 421 g/mol. The molecule has 1 aliphatic rings. The molecule has 2 N–H and O–H groups in total. The van der Waals surface area contributed by atoms with Crippen molar-refractivity contribution in [2.45, 2.75) is 59.0 Å². The van der Waals surface area contributed by atoms with Gasteiger partial charge < -0.3 is 15.2 Å². The summed E-state index contributed by atoms with van der Waals surface area (Å²) in [6, 6.07) is 0.510. The number of nitrogens with one attached hydrogen (secondary N) is 2. The Labute approximate surface area is 149 Å². The number of aryl methyl sites for hydroxylation is 1. The lowest BCUT2D eigenvalue weighted by Gasteiger charge is -2.32. The van der Waals surface area contributed by atoms with E-state index in [0.717, 1.165) is 17.8 Å². The highest BCUT2D eigenvalue weighted by atomic mass is 127. The van der Waals surface area contributed by atoms with Crippen LogP contribution in [-0.2, 0) is 6.54 Å². The average Bonchev–Trinajstić information content (AvgIpc) is 2.89. The van der Waals surface area contributed by atoms with Gasteiger partial charge in [0.15, 0.2) is 11.8 Å². The molecule has 1 heterocycles. The van der Waals surface area contributed by atoms with Crippen LogP contribution in [0.3, 0.4) is 0 Å². The first kappa shape index (κ1) is 19.2. The van der Waals surface area contributed by atoms with E-state index in [9.17, 15) is 0 Å². The molecule has 2 rings (SSSR count). The standard InChI is InChI=1S/C15H27N5O.HI/c1-10(2)12-5-7-13(8-6-12)19-15(16-4)17-9-14-18-11(3)20-21-14;/h10,12-13H,5-9H2,1-4H3,(H2,16,17,19);1H. The lowest BCUT2D eigenvalue weighted by molar-refractivity contribution is 0.250. The van der Waals surface area contributed by atoms with Crippen molar-refractivity contribution in [3.05, 3.63) is 11.7 Å². The first-order valence-corrected chi connectivity index (χ1v) is 7.85. The van der Waals surface area contributed by atoms with Crippen LogP contribution in [0.5, 0.6) is 0 Å². The molecule has 0 saturated heterocycles. The van der Waals surface area contributed by atoms with Crippen molar-refractivity contribution in [3.8, 4) is 0 Å². The Kier molecular flexibility index (Phi) is 8.13. The Balaban J connectivity index is 0.00000242. The molecule has 7 heteroatoms. The normalized spacial score (nSPS) is 22.3. The highest BCUT2D eigenvalue weighted by Gasteiger charge is 2.23. The summed E-state index contributed by atoms with van der Waals surface area (Å²) in [6.45, 7) is 6.96. The van der Waals surface area contributed by atoms with Gasteiger partial charge in [-0.3, -0.25) is 4.99 Å². The Morgan fingerprint density at radius 1 is 1.32 bits per heavy atom. The van der Waals surface area contributed by atoms with Gasteiger partial charge in [0.25, 0.3) is 0 Å². The van der Waals surface area contributed by atoms with Crippen molar-refractivity contribution >= 4 is 29.9 Å². The molecular formula is C15H28IN5O. The van der Waals surface area contributed by atoms with E-state index in [4.69, 9.17) is 4.52 Å². The third kappa shape index (κ3) is 5.73. The summed E-state index contributed by atoms with van der Waals surface area (Å²) in [5.41, 5.74) is 0. The summed E-state index contributed by atoms with van der Waals surface area (Å²) >= 11 is 0. The monoisotopic (exact) mass is 421 g/mol. The number of aromatic nitrogens is 2. The molecule has 0 aromatic carbocycles. The lowest BCUT2D eigenvalue weighted by Crippen LogP contribution is -2.44. The molecule has 0 amide bonds. The van der Waals surface area contributed by atoms with E-state index < -0.39 is 0 Å². The predicted molar refractivity (Wildman–Crippen MR) is 98.4 cm³/mol. The smallest absolute Gasteiger partial charge is 0.246 e. The number of nitrogens with zero attached hydrogens (tertiary/aromatic N) is 3. The van der Waals surface area contributed by atoms with Crippen molar-refractivity contribution < 1.29 is 4.52 Å². The van der Waals surface area contributed by atoms with Crippen LogP contribution in [-0.4, -0.2) is 29.2 Å². The molecular weight excluding hydrogens is 393 g/mol. The molecule has 0 bridgehead atoms. The SMILES string of the molecule is CN=C(NCc1nc(C)no1)NC1CCC(C(C)C)CC1.I. The molecule has 1 aromatic heterocycles. The molecule has 0 aliphatic heterocycles. The van der Waals surface area contributed by atoms with Crippen molar-refractivity contribution in [3.63, 3.8) is 0 Å². The summed E-state index contributed by atoms with van der Waals surface area (Å²) < 4.78 is 5.08. The molecule has 0 radical (unpaired) electrons. The van der Waals surface area contributed by atoms with Gasteiger partial charge in [-0.1, -0.05) is 19.0 Å². The maximum atomic E-state index is 5.08. The Bertz CT molecular complexity index is 466. The van der Waals surface area contributed by atoms with Crippen LogP contribution in [0.25, 0.3) is 0 Å². The van der Waals surface area contributed by atoms with Gasteiger partial charge in [0.2, 0.25) is 5.89 Å². The summed E-state index contributed by atoms with van der Waals surface area (Å²) in [7, 11) is 1.79. The van der Waals surface area contributed by atoms with Gasteiger partial charge in [-0.2, -0.15) is 4.98 Å². The number of hydrogen-bond donors (Lipinski definition) is 2. The highest BCUT2D eigenvalue weighted by Crippen LogP contribution is 2.29. The minimum atomic E-state index is 0. The summed E-state index contributed by atoms with van der Waals surface area (Å²) in [6.07, 6.45) is 5.02. The fourth-order valence-corrected chi connectivity index (χ4v) is 2.89. The summed E-state index contributed by atoms with van der Waals surface area (Å²) in [5, 5.41) is 10.5. The Morgan fingerprint density at radius 2 is 2.00 bits per heavy atom. The van der Waals surface area contributed by atoms with Crippen LogP contribution in [0.15, 0.2) is 9.52 Å². The van der Waals surface area contributed by atoms with Crippen LogP contribution in [0.4, 0.5) is 0 Å². The molecule has 126 valence electrons. The topological polar surface area (TPSA) is 75.3 Å². The van der Waals surface area contributed by atoms with Crippen molar-refractivity contribution in [2.24, 2.45) is 16.8 Å². The fraction of sp³-hybridized carbons (Fsp3) is 0.800. The molecule has 1 aromatic rings. The second kappa shape index (κ2) is 9.32. The third-order valence-electron chi connectivity index (χ3n) is 4.26. The van der Waals surface area contributed by atoms with Gasteiger partial charge in [-0.15, -0.1) is 24.0 Å². The quantitative estimate of drug-likeness (QED) is 0.444. The van der Waals surface area contributed by atoms with Crippen LogP contribution in [0.2, 0.25) is 0 Å². The maximum Gasteiger partial charge on any atom is 0.246 e. The van der Waals surface area contributed by atoms with Gasteiger partial charge in [0, 0.05) is 13.1 Å². The summed E-state index contributed by atoms with van der Waals surface area (Å²) in [4.78, 5) is 8.43. The van der Waals surface area contributed by atoms with Gasteiger partial charge in [0.1, 0.15) is 0 Å². The van der Waals surface area contributed by atoms with Gasteiger partial charge in [-0.05, 0) is 44.4 Å². The second-order valence-corrected chi connectivity index (χ2v) is 6.16. The molecule has 0 atom stereocenters. The van der Waals surface area contributed by atoms with E-state index in [1.54, 1.807) is 7.05 Å². The van der Waals surface area contributed by atoms with E-state index in [2.05, 4.69) is 39.6 Å². The number of hydrogen-bond acceptors (Lipinski definition) is 4. The molecule has 1 aliphatic carbocycles. The van der Waals surface area contributed by atoms with Crippen LogP contribution in [0, 0.1) is 18.8 Å². The van der Waals surface area contributed by atoms with E-state index in [0.29, 0.717) is 24.3 Å². The summed E-state index contributed by atoms with van der Waals surface area (Å²) in [5.74, 6) is 3.71. The zero-order chi connectivity index (χ0) is 15.2. The molecule has 1 fully saturated rings. The Hall–Kier alpha value is -0.860. The molecule has 0 spiro atoms. The predicted octanol–water partition coefficient (Wildman–Crippen LogP) is 2.88. The minimum Gasteiger partial charge on any atom is -0.354 e. The second-order valence-electron chi connectivity index (χ2n) is 6.16.